The number of aromatic nitrogens is 2. The van der Waals surface area contributed by atoms with E-state index < -0.39 is 10.0 Å². The van der Waals surface area contributed by atoms with Gasteiger partial charge in [-0.15, -0.1) is 11.3 Å². The molecule has 2 aromatic heterocycles. The van der Waals surface area contributed by atoms with E-state index in [1.807, 2.05) is 0 Å². The Morgan fingerprint density at radius 2 is 2.21 bits per heavy atom. The van der Waals surface area contributed by atoms with E-state index in [0.29, 0.717) is 23.2 Å². The van der Waals surface area contributed by atoms with Crippen molar-refractivity contribution in [3.63, 3.8) is 0 Å². The lowest BCUT2D eigenvalue weighted by molar-refractivity contribution is 0.578. The van der Waals surface area contributed by atoms with Crippen LogP contribution in [-0.2, 0) is 16.4 Å². The van der Waals surface area contributed by atoms with Crippen LogP contribution in [0, 0.1) is 0 Å². The Labute approximate surface area is 132 Å². The van der Waals surface area contributed by atoms with Crippen LogP contribution in [0.3, 0.4) is 0 Å². The summed E-state index contributed by atoms with van der Waals surface area (Å²) in [5.74, 6) is 0.860. The van der Waals surface area contributed by atoms with E-state index >= 15 is 0 Å². The molecule has 9 heteroatoms. The quantitative estimate of drug-likeness (QED) is 0.694. The van der Waals surface area contributed by atoms with E-state index in [1.165, 1.54) is 11.3 Å². The molecule has 2 N–H and O–H groups in total. The van der Waals surface area contributed by atoms with Crippen molar-refractivity contribution in [2.24, 2.45) is 0 Å². The number of sulfonamides is 1. The van der Waals surface area contributed by atoms with Gasteiger partial charge in [-0.05, 0) is 44.3 Å². The normalized spacial score (nSPS) is 11.9. The molecule has 19 heavy (non-hydrogen) atoms. The van der Waals surface area contributed by atoms with Crippen molar-refractivity contribution < 1.29 is 8.42 Å². The number of nitrogens with one attached hydrogen (secondary N) is 2. The summed E-state index contributed by atoms with van der Waals surface area (Å²) < 4.78 is 28.0. The molecule has 5 nitrogen and oxygen atoms in total. The van der Waals surface area contributed by atoms with Gasteiger partial charge in [0.2, 0.25) is 10.0 Å². The topological polar surface area (TPSA) is 74.8 Å². The van der Waals surface area contributed by atoms with Crippen molar-refractivity contribution in [2.75, 3.05) is 6.54 Å². The van der Waals surface area contributed by atoms with Crippen molar-refractivity contribution in [1.82, 2.24) is 14.7 Å². The lowest BCUT2D eigenvalue weighted by atomic mass is 10.3. The maximum absolute atomic E-state index is 12.0. The summed E-state index contributed by atoms with van der Waals surface area (Å²) in [6.45, 7) is 0.378. The van der Waals surface area contributed by atoms with Crippen molar-refractivity contribution in [1.29, 1.82) is 0 Å². The van der Waals surface area contributed by atoms with Crippen molar-refractivity contribution in [3.05, 3.63) is 31.9 Å². The molecule has 0 bridgehead atoms. The van der Waals surface area contributed by atoms with Crippen LogP contribution >= 0.6 is 43.2 Å². The molecule has 0 aliphatic rings. The smallest absolute Gasteiger partial charge is 0.242 e. The van der Waals surface area contributed by atoms with E-state index in [1.54, 1.807) is 18.5 Å². The molecule has 2 rings (SSSR count). The number of imidazole rings is 1. The molecule has 0 saturated carbocycles. The summed E-state index contributed by atoms with van der Waals surface area (Å²) in [5, 5.41) is 0. The van der Waals surface area contributed by atoms with E-state index in [-0.39, 0.29) is 4.90 Å². The molecule has 0 aromatic carbocycles. The van der Waals surface area contributed by atoms with E-state index in [0.717, 1.165) is 9.61 Å². The highest BCUT2D eigenvalue weighted by molar-refractivity contribution is 9.12. The fraction of sp³-hybridized carbons (Fsp3) is 0.300. The zero-order chi connectivity index (χ0) is 13.9. The largest absolute Gasteiger partial charge is 0.349 e. The van der Waals surface area contributed by atoms with Crippen molar-refractivity contribution >= 4 is 53.2 Å². The third-order valence-electron chi connectivity index (χ3n) is 2.35. The third kappa shape index (κ3) is 4.12. The SMILES string of the molecule is O=S(=O)(NCCCc1ncc[nH]1)c1cc(Br)sc1Br. The minimum atomic E-state index is -3.46. The number of halogens is 2. The summed E-state index contributed by atoms with van der Waals surface area (Å²) in [4.78, 5) is 7.33. The zero-order valence-electron chi connectivity index (χ0n) is 9.69. The minimum absolute atomic E-state index is 0.266. The fourth-order valence-corrected chi connectivity index (χ4v) is 6.37. The second-order valence-corrected chi connectivity index (χ2v) is 9.21. The van der Waals surface area contributed by atoms with Gasteiger partial charge in [0.05, 0.1) is 7.57 Å². The van der Waals surface area contributed by atoms with Gasteiger partial charge in [0.15, 0.2) is 0 Å². The summed E-state index contributed by atoms with van der Waals surface area (Å²) in [6, 6.07) is 1.59. The van der Waals surface area contributed by atoms with Crippen LogP contribution in [-0.4, -0.2) is 24.9 Å². The van der Waals surface area contributed by atoms with E-state index in [4.69, 9.17) is 0 Å². The van der Waals surface area contributed by atoms with Gasteiger partial charge >= 0.3 is 0 Å². The minimum Gasteiger partial charge on any atom is -0.349 e. The first kappa shape index (κ1) is 15.2. The second kappa shape index (κ2) is 6.49. The summed E-state index contributed by atoms with van der Waals surface area (Å²) >= 11 is 7.85. The average molecular weight is 429 g/mol. The summed E-state index contributed by atoms with van der Waals surface area (Å²) in [6.07, 6.45) is 4.83. The van der Waals surface area contributed by atoms with Gasteiger partial charge in [-0.2, -0.15) is 0 Å². The number of hydrogen-bond acceptors (Lipinski definition) is 4. The van der Waals surface area contributed by atoms with E-state index in [2.05, 4.69) is 46.5 Å². The van der Waals surface area contributed by atoms with Crippen LogP contribution in [0.4, 0.5) is 0 Å². The lowest BCUT2D eigenvalue weighted by Crippen LogP contribution is -2.25. The zero-order valence-corrected chi connectivity index (χ0v) is 14.5. The van der Waals surface area contributed by atoms with Crippen LogP contribution in [0.2, 0.25) is 0 Å². The molecule has 0 spiro atoms. The van der Waals surface area contributed by atoms with Crippen LogP contribution in [0.15, 0.2) is 30.9 Å². The molecule has 0 unspecified atom stereocenters. The van der Waals surface area contributed by atoms with Crippen LogP contribution in [0.25, 0.3) is 0 Å². The fourth-order valence-electron chi connectivity index (χ4n) is 1.48. The van der Waals surface area contributed by atoms with E-state index in [9.17, 15) is 8.42 Å². The Bertz CT molecular complexity index is 638. The molecule has 0 fully saturated rings. The lowest BCUT2D eigenvalue weighted by Gasteiger charge is -2.04. The summed E-state index contributed by atoms with van der Waals surface area (Å²) in [7, 11) is -3.46. The highest BCUT2D eigenvalue weighted by Crippen LogP contribution is 2.34. The van der Waals surface area contributed by atoms with Gasteiger partial charge in [0.1, 0.15) is 10.7 Å². The van der Waals surface area contributed by atoms with Crippen LogP contribution < -0.4 is 4.72 Å². The average Bonchev–Trinajstić information content (AvgIpc) is 2.94. The second-order valence-electron chi connectivity index (χ2n) is 3.73. The molecule has 104 valence electrons. The van der Waals surface area contributed by atoms with Crippen molar-refractivity contribution in [3.8, 4) is 0 Å². The Balaban J connectivity index is 1.89. The third-order valence-corrected chi connectivity index (χ3v) is 6.57. The predicted molar refractivity (Wildman–Crippen MR) is 81.8 cm³/mol. The van der Waals surface area contributed by atoms with Gasteiger partial charge < -0.3 is 4.98 Å². The predicted octanol–water partition coefficient (Wildman–Crippen LogP) is 2.91. The molecule has 0 radical (unpaired) electrons. The van der Waals surface area contributed by atoms with Crippen molar-refractivity contribution in [2.45, 2.75) is 17.7 Å². The number of nitrogens with zero attached hydrogens (tertiary/aromatic N) is 1. The van der Waals surface area contributed by atoms with Gasteiger partial charge in [-0.25, -0.2) is 18.1 Å². The highest BCUT2D eigenvalue weighted by Gasteiger charge is 2.19. The van der Waals surface area contributed by atoms with Gasteiger partial charge in [-0.3, -0.25) is 0 Å². The Kier molecular flexibility index (Phi) is 5.18. The number of aryl methyl sites for hydroxylation is 1. The molecular formula is C10H11Br2N3O2S2. The number of aromatic amines is 1. The van der Waals surface area contributed by atoms with Gasteiger partial charge in [0.25, 0.3) is 0 Å². The van der Waals surface area contributed by atoms with Crippen LogP contribution in [0.5, 0.6) is 0 Å². The number of rotatable bonds is 6. The standard InChI is InChI=1S/C10H11Br2N3O2S2/c11-8-6-7(10(12)18-8)19(16,17)15-3-1-2-9-13-4-5-14-9/h4-6,15H,1-3H2,(H,13,14). The molecule has 0 aliphatic carbocycles. The van der Waals surface area contributed by atoms with Crippen LogP contribution in [0.1, 0.15) is 12.2 Å². The molecular weight excluding hydrogens is 418 g/mol. The van der Waals surface area contributed by atoms with Gasteiger partial charge in [-0.1, -0.05) is 0 Å². The first-order valence-electron chi connectivity index (χ1n) is 5.42. The Morgan fingerprint density at radius 3 is 2.79 bits per heavy atom. The molecule has 2 heterocycles. The maximum atomic E-state index is 12.0. The van der Waals surface area contributed by atoms with Gasteiger partial charge in [0, 0.05) is 25.4 Å². The summed E-state index contributed by atoms with van der Waals surface area (Å²) in [5.41, 5.74) is 0. The highest BCUT2D eigenvalue weighted by atomic mass is 79.9. The maximum Gasteiger partial charge on any atom is 0.242 e. The first-order chi connectivity index (χ1) is 8.99. The number of hydrogen-bond donors (Lipinski definition) is 2. The molecule has 2 aromatic rings. The molecule has 0 amide bonds. The Hall–Kier alpha value is -0.220. The number of thiophene rings is 1. The first-order valence-corrected chi connectivity index (χ1v) is 9.30. The molecule has 0 atom stereocenters. The Morgan fingerprint density at radius 1 is 1.42 bits per heavy atom. The number of H-pyrrole nitrogens is 1. The molecule has 0 aliphatic heterocycles. The molecule has 0 saturated heterocycles. The monoisotopic (exact) mass is 427 g/mol.